The zero-order valence-electron chi connectivity index (χ0n) is 15.5. The van der Waals surface area contributed by atoms with Gasteiger partial charge < -0.3 is 10.1 Å². The van der Waals surface area contributed by atoms with Crippen LogP contribution in [-0.4, -0.2) is 24.1 Å². The molecule has 140 valence electrons. The third-order valence-electron chi connectivity index (χ3n) is 4.80. The number of benzene rings is 1. The minimum Gasteiger partial charge on any atom is -0.465 e. The van der Waals surface area contributed by atoms with Crippen molar-refractivity contribution in [2.24, 2.45) is 0 Å². The number of aryl methyl sites for hydroxylation is 1. The van der Waals surface area contributed by atoms with Gasteiger partial charge in [0.2, 0.25) is 0 Å². The first kappa shape index (κ1) is 19.2. The first-order valence-electron chi connectivity index (χ1n) is 9.08. The Bertz CT molecular complexity index is 880. The minimum absolute atomic E-state index is 0.0965. The Morgan fingerprint density at radius 2 is 2.15 bits per heavy atom. The van der Waals surface area contributed by atoms with Crippen LogP contribution in [0.3, 0.4) is 0 Å². The molecule has 2 aliphatic rings. The number of thioether (sulfide) groups is 1. The number of nitriles is 1. The molecule has 1 aliphatic carbocycles. The molecule has 1 heterocycles. The number of nitrogens with zero attached hydrogens (tertiary/aromatic N) is 1. The highest BCUT2D eigenvalue weighted by molar-refractivity contribution is 8.03. The average Bonchev–Trinajstić information content (AvgIpc) is 2.66. The van der Waals surface area contributed by atoms with Crippen molar-refractivity contribution in [1.29, 1.82) is 5.26 Å². The van der Waals surface area contributed by atoms with E-state index in [0.717, 1.165) is 29.7 Å². The average molecular weight is 382 g/mol. The van der Waals surface area contributed by atoms with Crippen LogP contribution in [0.1, 0.15) is 43.2 Å². The van der Waals surface area contributed by atoms with E-state index in [2.05, 4.69) is 11.4 Å². The summed E-state index contributed by atoms with van der Waals surface area (Å²) in [6, 6.07) is 10.1. The molecule has 3 rings (SSSR count). The third kappa shape index (κ3) is 3.93. The molecule has 0 unspecified atom stereocenters. The predicted octanol–water partition coefficient (Wildman–Crippen LogP) is 3.72. The Hall–Kier alpha value is -2.52. The maximum Gasteiger partial charge on any atom is 0.316 e. The van der Waals surface area contributed by atoms with E-state index in [9.17, 15) is 14.9 Å². The molecular formula is C21H22N2O3S. The molecule has 0 spiro atoms. The fourth-order valence-electron chi connectivity index (χ4n) is 3.59. The lowest BCUT2D eigenvalue weighted by molar-refractivity contribution is -0.139. The molecular weight excluding hydrogens is 360 g/mol. The largest absolute Gasteiger partial charge is 0.465 e. The molecule has 1 N–H and O–H groups in total. The van der Waals surface area contributed by atoms with Gasteiger partial charge in [0, 0.05) is 17.7 Å². The monoisotopic (exact) mass is 382 g/mol. The topological polar surface area (TPSA) is 79.2 Å². The molecule has 0 amide bonds. The van der Waals surface area contributed by atoms with Gasteiger partial charge >= 0.3 is 5.97 Å². The van der Waals surface area contributed by atoms with Gasteiger partial charge in [-0.15, -0.1) is 0 Å². The zero-order chi connectivity index (χ0) is 19.4. The van der Waals surface area contributed by atoms with Gasteiger partial charge in [-0.2, -0.15) is 5.26 Å². The van der Waals surface area contributed by atoms with Crippen molar-refractivity contribution in [2.45, 2.75) is 39.0 Å². The lowest BCUT2D eigenvalue weighted by atomic mass is 9.76. The van der Waals surface area contributed by atoms with Gasteiger partial charge in [0.1, 0.15) is 0 Å². The second-order valence-corrected chi connectivity index (χ2v) is 7.52. The maximum atomic E-state index is 12.7. The molecule has 1 aromatic rings. The highest BCUT2D eigenvalue weighted by Gasteiger charge is 2.37. The van der Waals surface area contributed by atoms with Crippen LogP contribution in [0, 0.1) is 18.3 Å². The van der Waals surface area contributed by atoms with Crippen molar-refractivity contribution in [1.82, 2.24) is 5.32 Å². The van der Waals surface area contributed by atoms with Gasteiger partial charge in [-0.05, 0) is 37.8 Å². The Morgan fingerprint density at radius 3 is 2.85 bits per heavy atom. The van der Waals surface area contributed by atoms with Gasteiger partial charge in [-0.1, -0.05) is 36.0 Å². The molecule has 1 aromatic carbocycles. The SMILES string of the molecule is CCOC(=O)CSC1=C(C#N)[C@@H](c2ccccc2C)C2=C(CCCC2=O)N1. The molecule has 1 atom stereocenters. The van der Waals surface area contributed by atoms with Crippen molar-refractivity contribution in [3.63, 3.8) is 0 Å². The second-order valence-electron chi connectivity index (χ2n) is 6.53. The molecule has 0 saturated carbocycles. The summed E-state index contributed by atoms with van der Waals surface area (Å²) >= 11 is 1.27. The van der Waals surface area contributed by atoms with E-state index in [1.165, 1.54) is 11.8 Å². The molecule has 0 aromatic heterocycles. The third-order valence-corrected chi connectivity index (χ3v) is 5.79. The Kier molecular flexibility index (Phi) is 6.02. The normalized spacial score (nSPS) is 19.3. The van der Waals surface area contributed by atoms with E-state index >= 15 is 0 Å². The van der Waals surface area contributed by atoms with Crippen molar-refractivity contribution in [3.8, 4) is 6.07 Å². The summed E-state index contributed by atoms with van der Waals surface area (Å²) in [5.41, 5.74) is 4.08. The number of allylic oxidation sites excluding steroid dienone is 3. The summed E-state index contributed by atoms with van der Waals surface area (Å²) < 4.78 is 5.00. The smallest absolute Gasteiger partial charge is 0.316 e. The molecule has 0 saturated heterocycles. The highest BCUT2D eigenvalue weighted by atomic mass is 32.2. The number of Topliss-reactive ketones (excluding diaryl/α,β-unsaturated/α-hetero) is 1. The summed E-state index contributed by atoms with van der Waals surface area (Å²) in [6.45, 7) is 4.08. The molecule has 0 fully saturated rings. The number of ketones is 1. The first-order chi connectivity index (χ1) is 13.1. The van der Waals surface area contributed by atoms with Gasteiger partial charge in [0.15, 0.2) is 5.78 Å². The zero-order valence-corrected chi connectivity index (χ0v) is 16.3. The number of hydrogen-bond acceptors (Lipinski definition) is 6. The minimum atomic E-state index is -0.384. The molecule has 0 bridgehead atoms. The Labute approximate surface area is 163 Å². The summed E-state index contributed by atoms with van der Waals surface area (Å²) in [5, 5.41) is 13.8. The fourth-order valence-corrected chi connectivity index (χ4v) is 4.45. The molecule has 1 aliphatic heterocycles. The van der Waals surface area contributed by atoms with E-state index in [0.29, 0.717) is 29.2 Å². The van der Waals surface area contributed by atoms with Crippen LogP contribution in [0.2, 0.25) is 0 Å². The van der Waals surface area contributed by atoms with E-state index in [1.54, 1.807) is 6.92 Å². The number of nitrogens with one attached hydrogen (secondary N) is 1. The van der Waals surface area contributed by atoms with Crippen LogP contribution in [0.15, 0.2) is 46.1 Å². The predicted molar refractivity (Wildman–Crippen MR) is 105 cm³/mol. The lowest BCUT2D eigenvalue weighted by Crippen LogP contribution is -2.31. The molecule has 5 nitrogen and oxygen atoms in total. The van der Waals surface area contributed by atoms with E-state index in [-0.39, 0.29) is 23.4 Å². The first-order valence-corrected chi connectivity index (χ1v) is 10.1. The summed E-state index contributed by atoms with van der Waals surface area (Å²) in [7, 11) is 0. The highest BCUT2D eigenvalue weighted by Crippen LogP contribution is 2.44. The van der Waals surface area contributed by atoms with Gasteiger partial charge in [0.05, 0.1) is 34.9 Å². The number of carbonyl (C=O) groups excluding carboxylic acids is 2. The van der Waals surface area contributed by atoms with Gasteiger partial charge in [-0.25, -0.2) is 0 Å². The van der Waals surface area contributed by atoms with Gasteiger partial charge in [0.25, 0.3) is 0 Å². The Balaban J connectivity index is 2.05. The lowest BCUT2D eigenvalue weighted by Gasteiger charge is -2.33. The standard InChI is InChI=1S/C21H22N2O3S/c1-3-26-18(25)12-27-21-15(11-22)19(14-8-5-4-7-13(14)2)20-16(23-21)9-6-10-17(20)24/h4-5,7-8,19,23H,3,6,9-10,12H2,1-2H3/t19-/m1/s1. The van der Waals surface area contributed by atoms with Crippen LogP contribution in [0.25, 0.3) is 0 Å². The molecule has 6 heteroatoms. The van der Waals surface area contributed by atoms with Crippen LogP contribution in [-0.2, 0) is 14.3 Å². The number of ether oxygens (including phenoxy) is 1. The summed E-state index contributed by atoms with van der Waals surface area (Å²) in [6.07, 6.45) is 2.07. The number of carbonyl (C=O) groups is 2. The van der Waals surface area contributed by atoms with E-state index in [4.69, 9.17) is 4.74 Å². The molecule has 0 radical (unpaired) electrons. The van der Waals surface area contributed by atoms with Crippen LogP contribution in [0.5, 0.6) is 0 Å². The maximum absolute atomic E-state index is 12.7. The Morgan fingerprint density at radius 1 is 1.37 bits per heavy atom. The van der Waals surface area contributed by atoms with Crippen LogP contribution >= 0.6 is 11.8 Å². The number of hydrogen-bond donors (Lipinski definition) is 1. The van der Waals surface area contributed by atoms with Crippen molar-refractivity contribution in [3.05, 3.63) is 57.3 Å². The van der Waals surface area contributed by atoms with Gasteiger partial charge in [-0.3, -0.25) is 9.59 Å². The van der Waals surface area contributed by atoms with Crippen molar-refractivity contribution in [2.75, 3.05) is 12.4 Å². The van der Waals surface area contributed by atoms with E-state index < -0.39 is 0 Å². The van der Waals surface area contributed by atoms with Crippen LogP contribution in [0.4, 0.5) is 0 Å². The second kappa shape index (κ2) is 8.45. The van der Waals surface area contributed by atoms with Crippen molar-refractivity contribution >= 4 is 23.5 Å². The number of rotatable bonds is 5. The van der Waals surface area contributed by atoms with E-state index in [1.807, 2.05) is 31.2 Å². The number of esters is 1. The van der Waals surface area contributed by atoms with Crippen molar-refractivity contribution < 1.29 is 14.3 Å². The van der Waals surface area contributed by atoms with Crippen LogP contribution < -0.4 is 5.32 Å². The summed E-state index contributed by atoms with van der Waals surface area (Å²) in [5.74, 6) is -0.483. The number of dihydropyridines is 1. The summed E-state index contributed by atoms with van der Waals surface area (Å²) in [4.78, 5) is 24.5. The fraction of sp³-hybridized carbons (Fsp3) is 0.381. The quantitative estimate of drug-likeness (QED) is 0.782. The molecule has 27 heavy (non-hydrogen) atoms.